The molecule has 0 spiro atoms. The Morgan fingerprint density at radius 2 is 1.57 bits per heavy atom. The standard InChI is InChI=1S/C36H33N/c1-6-28-13-11-14-29(25(28)4)19-18-27-20-23(2)36-34(21-27)24(3)26(5)37(36)35-22-30-12-7-8-15-31(30)32-16-9-10-17-33(32)35/h6-13,15-22,29H,1,14H2,2-5H3/b19-18-/t29-/m1/s1. The summed E-state index contributed by atoms with van der Waals surface area (Å²) in [5, 5.41) is 6.50. The SMILES string of the molecule is C=CC1=C(C)[C@@H](/C=C\c2cc(C)c3c(c2)c(C)c(C)n3-c2cc3ccccc3c3ccccc23)CC=C1. The Hall–Kier alpha value is -4.10. The minimum absolute atomic E-state index is 0.422. The lowest BCUT2D eigenvalue weighted by Crippen LogP contribution is -2.03. The van der Waals surface area contributed by atoms with Gasteiger partial charge in [0.2, 0.25) is 0 Å². The van der Waals surface area contributed by atoms with E-state index in [1.54, 1.807) is 0 Å². The van der Waals surface area contributed by atoms with Gasteiger partial charge >= 0.3 is 0 Å². The molecule has 182 valence electrons. The van der Waals surface area contributed by atoms with Crippen molar-refractivity contribution >= 4 is 38.5 Å². The first-order chi connectivity index (χ1) is 18.0. The van der Waals surface area contributed by atoms with Crippen molar-refractivity contribution in [2.24, 2.45) is 5.92 Å². The molecule has 37 heavy (non-hydrogen) atoms. The van der Waals surface area contributed by atoms with Crippen LogP contribution in [0.25, 0.3) is 44.2 Å². The van der Waals surface area contributed by atoms with E-state index in [0.717, 1.165) is 6.42 Å². The molecule has 0 unspecified atom stereocenters. The summed E-state index contributed by atoms with van der Waals surface area (Å²) in [4.78, 5) is 0. The molecule has 1 aliphatic rings. The zero-order valence-electron chi connectivity index (χ0n) is 22.2. The van der Waals surface area contributed by atoms with Gasteiger partial charge in [0, 0.05) is 22.4 Å². The second kappa shape index (κ2) is 9.09. The van der Waals surface area contributed by atoms with Gasteiger partial charge in [0.25, 0.3) is 0 Å². The molecule has 0 fully saturated rings. The minimum atomic E-state index is 0.422. The fraction of sp³-hybridized carbons (Fsp3) is 0.167. The molecule has 0 saturated carbocycles. The summed E-state index contributed by atoms with van der Waals surface area (Å²) in [6.45, 7) is 13.0. The minimum Gasteiger partial charge on any atom is -0.313 e. The first-order valence-electron chi connectivity index (χ1n) is 13.2. The van der Waals surface area contributed by atoms with Crippen LogP contribution in [0.15, 0.2) is 109 Å². The number of aryl methyl sites for hydroxylation is 2. The number of rotatable bonds is 4. The van der Waals surface area contributed by atoms with E-state index in [1.807, 2.05) is 6.08 Å². The lowest BCUT2D eigenvalue weighted by Gasteiger charge is -2.18. The number of hydrogen-bond donors (Lipinski definition) is 0. The normalized spacial score (nSPS) is 16.1. The van der Waals surface area contributed by atoms with Crippen LogP contribution in [0.2, 0.25) is 0 Å². The molecule has 0 aliphatic heterocycles. The summed E-state index contributed by atoms with van der Waals surface area (Å²) in [5.74, 6) is 0.422. The largest absolute Gasteiger partial charge is 0.313 e. The summed E-state index contributed by atoms with van der Waals surface area (Å²) < 4.78 is 2.48. The van der Waals surface area contributed by atoms with Gasteiger partial charge in [0.15, 0.2) is 0 Å². The summed E-state index contributed by atoms with van der Waals surface area (Å²) in [6, 6.07) is 24.6. The number of fused-ring (bicyclic) bond motifs is 4. The van der Waals surface area contributed by atoms with Gasteiger partial charge < -0.3 is 4.57 Å². The van der Waals surface area contributed by atoms with Crippen molar-refractivity contribution in [2.75, 3.05) is 0 Å². The van der Waals surface area contributed by atoms with E-state index in [9.17, 15) is 0 Å². The predicted molar refractivity (Wildman–Crippen MR) is 162 cm³/mol. The Morgan fingerprint density at radius 1 is 0.838 bits per heavy atom. The molecule has 1 nitrogen and oxygen atoms in total. The lowest BCUT2D eigenvalue weighted by atomic mass is 9.87. The fourth-order valence-corrected chi connectivity index (χ4v) is 6.08. The lowest BCUT2D eigenvalue weighted by molar-refractivity contribution is 0.760. The highest BCUT2D eigenvalue weighted by Gasteiger charge is 2.18. The van der Waals surface area contributed by atoms with Crippen LogP contribution in [0.4, 0.5) is 0 Å². The van der Waals surface area contributed by atoms with Gasteiger partial charge in [0.05, 0.1) is 11.2 Å². The highest BCUT2D eigenvalue weighted by molar-refractivity contribution is 6.12. The maximum Gasteiger partial charge on any atom is 0.0563 e. The topological polar surface area (TPSA) is 4.93 Å². The molecule has 1 aromatic heterocycles. The van der Waals surface area contributed by atoms with Crippen LogP contribution in [0, 0.1) is 26.7 Å². The first kappa shape index (κ1) is 23.3. The van der Waals surface area contributed by atoms with Gasteiger partial charge in [-0.15, -0.1) is 0 Å². The number of allylic oxidation sites excluding steroid dienone is 6. The van der Waals surface area contributed by atoms with Crippen molar-refractivity contribution in [3.63, 3.8) is 0 Å². The van der Waals surface area contributed by atoms with Crippen LogP contribution < -0.4 is 0 Å². The second-order valence-corrected chi connectivity index (χ2v) is 10.4. The molecule has 0 N–H and O–H groups in total. The molecule has 1 aliphatic carbocycles. The van der Waals surface area contributed by atoms with Crippen molar-refractivity contribution in [2.45, 2.75) is 34.1 Å². The van der Waals surface area contributed by atoms with E-state index in [1.165, 1.54) is 71.7 Å². The van der Waals surface area contributed by atoms with E-state index in [0.29, 0.717) is 5.92 Å². The monoisotopic (exact) mass is 479 g/mol. The highest BCUT2D eigenvalue weighted by atomic mass is 15.0. The van der Waals surface area contributed by atoms with E-state index in [-0.39, 0.29) is 0 Å². The molecular formula is C36H33N. The zero-order valence-corrected chi connectivity index (χ0v) is 22.2. The highest BCUT2D eigenvalue weighted by Crippen LogP contribution is 2.38. The number of hydrogen-bond acceptors (Lipinski definition) is 0. The van der Waals surface area contributed by atoms with Crippen LogP contribution in [0.5, 0.6) is 0 Å². The van der Waals surface area contributed by atoms with Crippen LogP contribution >= 0.6 is 0 Å². The summed E-state index contributed by atoms with van der Waals surface area (Å²) in [6.07, 6.45) is 12.1. The molecule has 0 radical (unpaired) electrons. The molecule has 0 bridgehead atoms. The predicted octanol–water partition coefficient (Wildman–Crippen LogP) is 9.95. The van der Waals surface area contributed by atoms with Gasteiger partial charge in [-0.3, -0.25) is 0 Å². The quantitative estimate of drug-likeness (QED) is 0.226. The Bertz CT molecular complexity index is 1800. The molecule has 0 saturated heterocycles. The van der Waals surface area contributed by atoms with E-state index in [2.05, 4.69) is 130 Å². The van der Waals surface area contributed by atoms with Gasteiger partial charge in [-0.25, -0.2) is 0 Å². The van der Waals surface area contributed by atoms with Gasteiger partial charge in [-0.1, -0.05) is 91.1 Å². The number of aromatic nitrogens is 1. The third-order valence-electron chi connectivity index (χ3n) is 8.26. The van der Waals surface area contributed by atoms with Crippen molar-refractivity contribution in [3.8, 4) is 5.69 Å². The molecule has 5 aromatic rings. The third kappa shape index (κ3) is 3.78. The van der Waals surface area contributed by atoms with Crippen LogP contribution in [0.3, 0.4) is 0 Å². The number of benzene rings is 4. The van der Waals surface area contributed by atoms with Gasteiger partial charge in [-0.05, 0) is 90.7 Å². The zero-order chi connectivity index (χ0) is 25.7. The van der Waals surface area contributed by atoms with Crippen molar-refractivity contribution in [1.82, 2.24) is 4.57 Å². The Morgan fingerprint density at radius 3 is 2.35 bits per heavy atom. The molecular weight excluding hydrogens is 446 g/mol. The molecule has 6 rings (SSSR count). The fourth-order valence-electron chi connectivity index (χ4n) is 6.08. The Labute approximate surface area is 219 Å². The van der Waals surface area contributed by atoms with Crippen LogP contribution in [0.1, 0.15) is 35.7 Å². The molecule has 1 atom stereocenters. The molecule has 1 heteroatoms. The maximum atomic E-state index is 3.98. The van der Waals surface area contributed by atoms with E-state index in [4.69, 9.17) is 0 Å². The van der Waals surface area contributed by atoms with Crippen molar-refractivity contribution in [3.05, 3.63) is 131 Å². The molecule has 1 heterocycles. The van der Waals surface area contributed by atoms with Gasteiger partial charge in [0.1, 0.15) is 0 Å². The average Bonchev–Trinajstić information content (AvgIpc) is 3.17. The summed E-state index contributed by atoms with van der Waals surface area (Å²) in [5.41, 5.74) is 10.4. The Kier molecular flexibility index (Phi) is 5.72. The average molecular weight is 480 g/mol. The summed E-state index contributed by atoms with van der Waals surface area (Å²) >= 11 is 0. The van der Waals surface area contributed by atoms with Crippen LogP contribution in [-0.2, 0) is 0 Å². The molecule has 4 aromatic carbocycles. The third-order valence-corrected chi connectivity index (χ3v) is 8.26. The first-order valence-corrected chi connectivity index (χ1v) is 13.2. The van der Waals surface area contributed by atoms with Crippen LogP contribution in [-0.4, -0.2) is 4.57 Å². The van der Waals surface area contributed by atoms with Crippen molar-refractivity contribution in [1.29, 1.82) is 0 Å². The number of nitrogens with zero attached hydrogens (tertiary/aromatic N) is 1. The second-order valence-electron chi connectivity index (χ2n) is 10.4. The molecule has 0 amide bonds. The Balaban J connectivity index is 1.53. The van der Waals surface area contributed by atoms with Crippen molar-refractivity contribution < 1.29 is 0 Å². The summed E-state index contributed by atoms with van der Waals surface area (Å²) in [7, 11) is 0. The van der Waals surface area contributed by atoms with E-state index >= 15 is 0 Å². The van der Waals surface area contributed by atoms with Gasteiger partial charge in [-0.2, -0.15) is 0 Å². The van der Waals surface area contributed by atoms with E-state index < -0.39 is 0 Å². The smallest absolute Gasteiger partial charge is 0.0563 e. The maximum absolute atomic E-state index is 3.98.